The van der Waals surface area contributed by atoms with Gasteiger partial charge in [0.15, 0.2) is 0 Å². The van der Waals surface area contributed by atoms with Crippen molar-refractivity contribution in [3.63, 3.8) is 0 Å². The Hall–Kier alpha value is -0.120. The monoisotopic (exact) mass is 229 g/mol. The fraction of sp³-hybridized carbons (Fsp3) is 1.00. The molecule has 1 fully saturated rings. The highest BCUT2D eigenvalue weighted by molar-refractivity contribution is 4.79. The van der Waals surface area contributed by atoms with Crippen LogP contribution in [0.25, 0.3) is 0 Å². The summed E-state index contributed by atoms with van der Waals surface area (Å²) in [6, 6.07) is 0. The molecule has 1 saturated heterocycles. The summed E-state index contributed by atoms with van der Waals surface area (Å²) in [4.78, 5) is 0. The van der Waals surface area contributed by atoms with E-state index in [0.717, 1.165) is 19.6 Å². The van der Waals surface area contributed by atoms with Crippen LogP contribution in [0.3, 0.4) is 0 Å². The maximum absolute atomic E-state index is 10.0. The van der Waals surface area contributed by atoms with Gasteiger partial charge >= 0.3 is 0 Å². The third-order valence-electron chi connectivity index (χ3n) is 3.64. The molecule has 0 aromatic rings. The molecule has 16 heavy (non-hydrogen) atoms. The standard InChI is InChI=1S/C13H27NO2/c1-11(2)13(3,15)10-14-8-7-12-6-4-5-9-16-12/h11-12,14-15H,4-10H2,1-3H3. The van der Waals surface area contributed by atoms with Crippen molar-refractivity contribution in [2.24, 2.45) is 5.92 Å². The summed E-state index contributed by atoms with van der Waals surface area (Å²) in [5.74, 6) is 0.283. The van der Waals surface area contributed by atoms with Crippen molar-refractivity contribution in [3.05, 3.63) is 0 Å². The molecule has 0 saturated carbocycles. The number of rotatable bonds is 6. The third-order valence-corrected chi connectivity index (χ3v) is 3.64. The van der Waals surface area contributed by atoms with Crippen LogP contribution in [0.2, 0.25) is 0 Å². The number of hydrogen-bond acceptors (Lipinski definition) is 3. The lowest BCUT2D eigenvalue weighted by Gasteiger charge is -2.28. The van der Waals surface area contributed by atoms with E-state index in [4.69, 9.17) is 4.74 Å². The first-order valence-electron chi connectivity index (χ1n) is 6.57. The Labute approximate surface area is 99.6 Å². The molecular weight excluding hydrogens is 202 g/mol. The van der Waals surface area contributed by atoms with Gasteiger partial charge in [0.25, 0.3) is 0 Å². The van der Waals surface area contributed by atoms with Crippen molar-refractivity contribution in [3.8, 4) is 0 Å². The van der Waals surface area contributed by atoms with Gasteiger partial charge in [-0.05, 0) is 45.1 Å². The first-order chi connectivity index (χ1) is 7.52. The van der Waals surface area contributed by atoms with E-state index in [1.165, 1.54) is 19.3 Å². The largest absolute Gasteiger partial charge is 0.389 e. The molecule has 1 rings (SSSR count). The Balaban J connectivity index is 2.06. The molecule has 0 radical (unpaired) electrons. The minimum atomic E-state index is -0.604. The first kappa shape index (κ1) is 13.9. The van der Waals surface area contributed by atoms with Crippen molar-refractivity contribution in [2.45, 2.75) is 58.2 Å². The highest BCUT2D eigenvalue weighted by Crippen LogP contribution is 2.16. The van der Waals surface area contributed by atoms with Crippen LogP contribution in [-0.2, 0) is 4.74 Å². The minimum Gasteiger partial charge on any atom is -0.389 e. The van der Waals surface area contributed by atoms with E-state index in [9.17, 15) is 5.11 Å². The van der Waals surface area contributed by atoms with Crippen molar-refractivity contribution < 1.29 is 9.84 Å². The Bertz CT molecular complexity index is 186. The molecule has 0 aromatic carbocycles. The van der Waals surface area contributed by atoms with E-state index in [0.29, 0.717) is 12.6 Å². The quantitative estimate of drug-likeness (QED) is 0.684. The van der Waals surface area contributed by atoms with Gasteiger partial charge in [-0.1, -0.05) is 13.8 Å². The molecule has 2 unspecified atom stereocenters. The lowest BCUT2D eigenvalue weighted by molar-refractivity contribution is 0.00260. The maximum Gasteiger partial charge on any atom is 0.0766 e. The van der Waals surface area contributed by atoms with Gasteiger partial charge in [0.1, 0.15) is 0 Å². The summed E-state index contributed by atoms with van der Waals surface area (Å²) in [6.45, 7) is 8.51. The van der Waals surface area contributed by atoms with Gasteiger partial charge < -0.3 is 15.2 Å². The van der Waals surface area contributed by atoms with Crippen LogP contribution in [0.4, 0.5) is 0 Å². The van der Waals surface area contributed by atoms with Crippen molar-refractivity contribution in [1.29, 1.82) is 0 Å². The maximum atomic E-state index is 10.0. The lowest BCUT2D eigenvalue weighted by Crippen LogP contribution is -2.43. The Morgan fingerprint density at radius 1 is 1.44 bits per heavy atom. The van der Waals surface area contributed by atoms with Gasteiger partial charge in [0, 0.05) is 13.2 Å². The second-order valence-corrected chi connectivity index (χ2v) is 5.47. The predicted molar refractivity (Wildman–Crippen MR) is 66.5 cm³/mol. The number of ether oxygens (including phenoxy) is 1. The number of hydrogen-bond donors (Lipinski definition) is 2. The topological polar surface area (TPSA) is 41.5 Å². The second-order valence-electron chi connectivity index (χ2n) is 5.47. The molecule has 2 N–H and O–H groups in total. The van der Waals surface area contributed by atoms with Crippen LogP contribution >= 0.6 is 0 Å². The molecular formula is C13H27NO2. The van der Waals surface area contributed by atoms with Gasteiger partial charge in [0.2, 0.25) is 0 Å². The molecule has 0 aromatic heterocycles. The van der Waals surface area contributed by atoms with Crippen molar-refractivity contribution in [2.75, 3.05) is 19.7 Å². The smallest absolute Gasteiger partial charge is 0.0766 e. The van der Waals surface area contributed by atoms with Gasteiger partial charge in [0.05, 0.1) is 11.7 Å². The minimum absolute atomic E-state index is 0.283. The third kappa shape index (κ3) is 4.81. The lowest BCUT2D eigenvalue weighted by atomic mass is 9.92. The molecule has 0 amide bonds. The van der Waals surface area contributed by atoms with Gasteiger partial charge in [-0.25, -0.2) is 0 Å². The zero-order chi connectivity index (χ0) is 12.0. The van der Waals surface area contributed by atoms with Crippen molar-refractivity contribution >= 4 is 0 Å². The molecule has 1 aliphatic rings. The van der Waals surface area contributed by atoms with E-state index >= 15 is 0 Å². The van der Waals surface area contributed by atoms with Crippen LogP contribution in [0.5, 0.6) is 0 Å². The molecule has 0 aliphatic carbocycles. The number of nitrogens with one attached hydrogen (secondary N) is 1. The fourth-order valence-electron chi connectivity index (χ4n) is 1.84. The summed E-state index contributed by atoms with van der Waals surface area (Å²) < 4.78 is 5.66. The fourth-order valence-corrected chi connectivity index (χ4v) is 1.84. The molecule has 3 nitrogen and oxygen atoms in total. The van der Waals surface area contributed by atoms with Gasteiger partial charge in [-0.2, -0.15) is 0 Å². The Morgan fingerprint density at radius 2 is 2.19 bits per heavy atom. The summed E-state index contributed by atoms with van der Waals surface area (Å²) >= 11 is 0. The van der Waals surface area contributed by atoms with E-state index in [1.807, 2.05) is 20.8 Å². The van der Waals surface area contributed by atoms with Crippen molar-refractivity contribution in [1.82, 2.24) is 5.32 Å². The van der Waals surface area contributed by atoms with E-state index in [-0.39, 0.29) is 5.92 Å². The number of aliphatic hydroxyl groups is 1. The highest BCUT2D eigenvalue weighted by Gasteiger charge is 2.24. The molecule has 2 atom stereocenters. The Kier molecular flexibility index (Phi) is 5.73. The summed E-state index contributed by atoms with van der Waals surface area (Å²) in [5, 5.41) is 13.4. The average molecular weight is 229 g/mol. The van der Waals surface area contributed by atoms with Crippen LogP contribution < -0.4 is 5.32 Å². The first-order valence-corrected chi connectivity index (χ1v) is 6.57. The van der Waals surface area contributed by atoms with E-state index in [1.54, 1.807) is 0 Å². The molecule has 3 heteroatoms. The molecule has 0 bridgehead atoms. The second kappa shape index (κ2) is 6.58. The van der Waals surface area contributed by atoms with Crippen LogP contribution in [0.1, 0.15) is 46.5 Å². The zero-order valence-corrected chi connectivity index (χ0v) is 11.0. The zero-order valence-electron chi connectivity index (χ0n) is 11.0. The summed E-state index contributed by atoms with van der Waals surface area (Å²) in [7, 11) is 0. The molecule has 0 spiro atoms. The summed E-state index contributed by atoms with van der Waals surface area (Å²) in [6.07, 6.45) is 5.21. The molecule has 96 valence electrons. The molecule has 1 aliphatic heterocycles. The van der Waals surface area contributed by atoms with E-state index < -0.39 is 5.60 Å². The Morgan fingerprint density at radius 3 is 2.75 bits per heavy atom. The molecule has 1 heterocycles. The SMILES string of the molecule is CC(C)C(C)(O)CNCCC1CCCCO1. The van der Waals surface area contributed by atoms with Gasteiger partial charge in [-0.3, -0.25) is 0 Å². The highest BCUT2D eigenvalue weighted by atomic mass is 16.5. The normalized spacial score (nSPS) is 25.7. The average Bonchev–Trinajstić information content (AvgIpc) is 2.26. The van der Waals surface area contributed by atoms with Gasteiger partial charge in [-0.15, -0.1) is 0 Å². The summed E-state index contributed by atoms with van der Waals surface area (Å²) in [5.41, 5.74) is -0.604. The van der Waals surface area contributed by atoms with E-state index in [2.05, 4.69) is 5.32 Å². The van der Waals surface area contributed by atoms with Crippen LogP contribution in [0.15, 0.2) is 0 Å². The predicted octanol–water partition coefficient (Wildman–Crippen LogP) is 1.94. The van der Waals surface area contributed by atoms with Crippen LogP contribution in [-0.4, -0.2) is 36.5 Å². The van der Waals surface area contributed by atoms with Crippen LogP contribution in [0, 0.1) is 5.92 Å².